The average molecular weight is 245 g/mol. The highest BCUT2D eigenvalue weighted by Gasteiger charge is 2.21. The van der Waals surface area contributed by atoms with E-state index in [1.54, 1.807) is 22.3 Å². The van der Waals surface area contributed by atoms with Crippen LogP contribution < -0.4 is 0 Å². The fourth-order valence-corrected chi connectivity index (χ4v) is 3.43. The lowest BCUT2D eigenvalue weighted by Crippen LogP contribution is -2.27. The Morgan fingerprint density at radius 2 is 2.00 bits per heavy atom. The molecule has 1 aliphatic rings. The number of rotatable bonds is 3. The maximum absolute atomic E-state index is 2.39. The second-order valence-electron chi connectivity index (χ2n) is 6.44. The first-order valence-electron chi connectivity index (χ1n) is 7.25. The van der Waals surface area contributed by atoms with Gasteiger partial charge in [0, 0.05) is 6.54 Å². The van der Waals surface area contributed by atoms with Crippen molar-refractivity contribution in [3.05, 3.63) is 34.4 Å². The molecule has 0 heterocycles. The van der Waals surface area contributed by atoms with Crippen molar-refractivity contribution in [2.45, 2.75) is 46.0 Å². The summed E-state index contributed by atoms with van der Waals surface area (Å²) in [5.41, 5.74) is 6.36. The molecule has 1 atom stereocenters. The van der Waals surface area contributed by atoms with Gasteiger partial charge in [-0.25, -0.2) is 0 Å². The molecule has 100 valence electrons. The van der Waals surface area contributed by atoms with Crippen LogP contribution in [0, 0.1) is 12.8 Å². The zero-order valence-corrected chi connectivity index (χ0v) is 12.6. The van der Waals surface area contributed by atoms with E-state index in [0.29, 0.717) is 5.92 Å². The Morgan fingerprint density at radius 1 is 1.28 bits per heavy atom. The highest BCUT2D eigenvalue weighted by Crippen LogP contribution is 2.32. The Hall–Kier alpha value is -0.820. The molecule has 1 heteroatoms. The van der Waals surface area contributed by atoms with Crippen molar-refractivity contribution in [1.82, 2.24) is 4.90 Å². The molecule has 0 amide bonds. The number of hydrogen-bond acceptors (Lipinski definition) is 1. The van der Waals surface area contributed by atoms with Crippen LogP contribution in [-0.4, -0.2) is 25.5 Å². The second kappa shape index (κ2) is 5.44. The minimum absolute atomic E-state index is 0.648. The molecule has 0 bridgehead atoms. The highest BCUT2D eigenvalue weighted by molar-refractivity contribution is 5.43. The molecule has 0 N–H and O–H groups in total. The van der Waals surface area contributed by atoms with Gasteiger partial charge in [-0.2, -0.15) is 0 Å². The smallest absolute Gasteiger partial charge is 0.000685 e. The van der Waals surface area contributed by atoms with E-state index in [1.807, 2.05) is 0 Å². The van der Waals surface area contributed by atoms with E-state index >= 15 is 0 Å². The van der Waals surface area contributed by atoms with Crippen molar-refractivity contribution in [1.29, 1.82) is 0 Å². The summed E-state index contributed by atoms with van der Waals surface area (Å²) in [6.45, 7) is 8.14. The molecule has 0 saturated carbocycles. The van der Waals surface area contributed by atoms with Crippen LogP contribution in [0.5, 0.6) is 0 Å². The van der Waals surface area contributed by atoms with Crippen LogP contribution in [0.2, 0.25) is 0 Å². The lowest BCUT2D eigenvalue weighted by atomic mass is 9.79. The highest BCUT2D eigenvalue weighted by atomic mass is 15.1. The van der Waals surface area contributed by atoms with Gasteiger partial charge >= 0.3 is 0 Å². The van der Waals surface area contributed by atoms with E-state index in [4.69, 9.17) is 0 Å². The Kier molecular flexibility index (Phi) is 4.11. The molecule has 18 heavy (non-hydrogen) atoms. The topological polar surface area (TPSA) is 3.24 Å². The molecule has 1 aliphatic carbocycles. The van der Waals surface area contributed by atoms with Crippen LogP contribution in [0.4, 0.5) is 0 Å². The van der Waals surface area contributed by atoms with E-state index in [0.717, 1.165) is 5.92 Å². The molecule has 1 aromatic carbocycles. The third-order valence-electron chi connectivity index (χ3n) is 4.29. The van der Waals surface area contributed by atoms with Crippen LogP contribution >= 0.6 is 0 Å². The van der Waals surface area contributed by atoms with Crippen LogP contribution in [0.25, 0.3) is 0 Å². The molecule has 0 spiro atoms. The predicted molar refractivity (Wildman–Crippen MR) is 79.3 cm³/mol. The van der Waals surface area contributed by atoms with Crippen LogP contribution in [-0.2, 0) is 12.8 Å². The van der Waals surface area contributed by atoms with E-state index in [1.165, 1.54) is 25.8 Å². The van der Waals surface area contributed by atoms with Crippen molar-refractivity contribution in [2.75, 3.05) is 20.6 Å². The van der Waals surface area contributed by atoms with Crippen LogP contribution in [0.1, 0.15) is 48.4 Å². The maximum Gasteiger partial charge on any atom is 0.000685 e. The van der Waals surface area contributed by atoms with Gasteiger partial charge < -0.3 is 4.90 Å². The quantitative estimate of drug-likeness (QED) is 0.783. The fraction of sp³-hybridized carbons (Fsp3) is 0.647. The SMILES string of the molecule is Cc1c(C(C)C)ccc2c1CCC(CN(C)C)C2. The molecule has 0 saturated heterocycles. The number of hydrogen-bond donors (Lipinski definition) is 0. The average Bonchev–Trinajstić information content (AvgIpc) is 2.27. The summed E-state index contributed by atoms with van der Waals surface area (Å²) in [5.74, 6) is 1.49. The monoisotopic (exact) mass is 245 g/mol. The van der Waals surface area contributed by atoms with Gasteiger partial charge in [-0.3, -0.25) is 0 Å². The summed E-state index contributed by atoms with van der Waals surface area (Å²) in [7, 11) is 4.37. The molecule has 0 aromatic heterocycles. The van der Waals surface area contributed by atoms with Gasteiger partial charge in [0.2, 0.25) is 0 Å². The van der Waals surface area contributed by atoms with Crippen molar-refractivity contribution < 1.29 is 0 Å². The summed E-state index contributed by atoms with van der Waals surface area (Å²) in [4.78, 5) is 2.32. The number of fused-ring (bicyclic) bond motifs is 1. The molecule has 1 unspecified atom stereocenters. The Labute approximate surface area is 112 Å². The molecule has 0 radical (unpaired) electrons. The lowest BCUT2D eigenvalue weighted by molar-refractivity contribution is 0.302. The largest absolute Gasteiger partial charge is 0.309 e. The third kappa shape index (κ3) is 2.77. The van der Waals surface area contributed by atoms with Crippen molar-refractivity contribution >= 4 is 0 Å². The molecular weight excluding hydrogens is 218 g/mol. The minimum Gasteiger partial charge on any atom is -0.309 e. The van der Waals surface area contributed by atoms with Gasteiger partial charge in [0.1, 0.15) is 0 Å². The first-order valence-corrected chi connectivity index (χ1v) is 7.25. The van der Waals surface area contributed by atoms with Gasteiger partial charge in [-0.05, 0) is 74.4 Å². The second-order valence-corrected chi connectivity index (χ2v) is 6.44. The van der Waals surface area contributed by atoms with Crippen molar-refractivity contribution in [3.63, 3.8) is 0 Å². The van der Waals surface area contributed by atoms with Gasteiger partial charge in [-0.15, -0.1) is 0 Å². The van der Waals surface area contributed by atoms with E-state index in [9.17, 15) is 0 Å². The van der Waals surface area contributed by atoms with Gasteiger partial charge in [0.15, 0.2) is 0 Å². The summed E-state index contributed by atoms with van der Waals surface area (Å²) in [6, 6.07) is 4.75. The zero-order chi connectivity index (χ0) is 13.3. The summed E-state index contributed by atoms with van der Waals surface area (Å²) in [6.07, 6.45) is 3.90. The van der Waals surface area contributed by atoms with Gasteiger partial charge in [0.05, 0.1) is 0 Å². The predicted octanol–water partition coefficient (Wildman–Crippen LogP) is 3.78. The Bertz CT molecular complexity index is 418. The molecule has 1 aromatic rings. The van der Waals surface area contributed by atoms with Gasteiger partial charge in [0.25, 0.3) is 0 Å². The molecule has 1 nitrogen and oxygen atoms in total. The van der Waals surface area contributed by atoms with Crippen molar-refractivity contribution in [2.24, 2.45) is 5.92 Å². The minimum atomic E-state index is 0.648. The number of nitrogens with zero attached hydrogens (tertiary/aromatic N) is 1. The standard InChI is InChI=1S/C17H27N/c1-12(2)16-9-7-15-10-14(11-18(4)5)6-8-17(15)13(16)3/h7,9,12,14H,6,8,10-11H2,1-5H3. The Balaban J connectivity index is 2.23. The van der Waals surface area contributed by atoms with E-state index < -0.39 is 0 Å². The molecule has 2 rings (SSSR count). The summed E-state index contributed by atoms with van der Waals surface area (Å²) >= 11 is 0. The van der Waals surface area contributed by atoms with Gasteiger partial charge in [-0.1, -0.05) is 26.0 Å². The lowest BCUT2D eigenvalue weighted by Gasteiger charge is -2.29. The first kappa shape index (κ1) is 13.6. The number of benzene rings is 1. The van der Waals surface area contributed by atoms with E-state index in [2.05, 4.69) is 51.9 Å². The summed E-state index contributed by atoms with van der Waals surface area (Å²) in [5, 5.41) is 0. The van der Waals surface area contributed by atoms with Crippen molar-refractivity contribution in [3.8, 4) is 0 Å². The molecule has 0 fully saturated rings. The zero-order valence-electron chi connectivity index (χ0n) is 12.6. The maximum atomic E-state index is 2.39. The fourth-order valence-electron chi connectivity index (χ4n) is 3.43. The normalized spacial score (nSPS) is 19.4. The van der Waals surface area contributed by atoms with Crippen LogP contribution in [0.3, 0.4) is 0 Å². The first-order chi connectivity index (χ1) is 8.49. The molecular formula is C17H27N. The third-order valence-corrected chi connectivity index (χ3v) is 4.29. The Morgan fingerprint density at radius 3 is 2.61 bits per heavy atom. The molecule has 0 aliphatic heterocycles. The van der Waals surface area contributed by atoms with E-state index in [-0.39, 0.29) is 0 Å². The summed E-state index contributed by atoms with van der Waals surface area (Å²) < 4.78 is 0. The van der Waals surface area contributed by atoms with Crippen LogP contribution in [0.15, 0.2) is 12.1 Å².